The van der Waals surface area contributed by atoms with Gasteiger partial charge in [0.05, 0.1) is 23.8 Å². The summed E-state index contributed by atoms with van der Waals surface area (Å²) in [5.41, 5.74) is 0.568. The van der Waals surface area contributed by atoms with E-state index in [0.717, 1.165) is 12.0 Å². The SMILES string of the molecule is CC(C)C[C@H](NC(=O)[C@H](Cc1ccc2c(c1)OCCO2)NC(=O)c1cnccn1)B1O[C@@H]2C[C@H](C)C(C)(C)[C@H](C)[C@]2(C)O1. The van der Waals surface area contributed by atoms with E-state index in [1.54, 1.807) is 0 Å². The highest BCUT2D eigenvalue weighted by Crippen LogP contribution is 2.54. The molecule has 6 atom stereocenters. The predicted molar refractivity (Wildman–Crippen MR) is 163 cm³/mol. The van der Waals surface area contributed by atoms with Crippen LogP contribution in [-0.4, -0.2) is 65.8 Å². The van der Waals surface area contributed by atoms with Gasteiger partial charge in [0, 0.05) is 18.8 Å². The molecular weight excluding hydrogens is 547 g/mol. The summed E-state index contributed by atoms with van der Waals surface area (Å²) < 4.78 is 24.8. The average Bonchev–Trinajstić information content (AvgIpc) is 3.32. The molecule has 10 nitrogen and oxygen atoms in total. The number of carbonyl (C=O) groups excluding carboxylic acids is 2. The van der Waals surface area contributed by atoms with Crippen LogP contribution in [0.4, 0.5) is 0 Å². The summed E-state index contributed by atoms with van der Waals surface area (Å²) in [6.07, 6.45) is 6.04. The average molecular weight is 593 g/mol. The quantitative estimate of drug-likeness (QED) is 0.419. The fourth-order valence-corrected chi connectivity index (χ4v) is 6.63. The number of amides is 2. The summed E-state index contributed by atoms with van der Waals surface area (Å²) in [7, 11) is -0.601. The number of hydrogen-bond donors (Lipinski definition) is 2. The molecule has 2 N–H and O–H groups in total. The van der Waals surface area contributed by atoms with Crippen LogP contribution < -0.4 is 20.1 Å². The van der Waals surface area contributed by atoms with Crippen LogP contribution in [0.3, 0.4) is 0 Å². The fourth-order valence-electron chi connectivity index (χ4n) is 6.63. The van der Waals surface area contributed by atoms with Crippen molar-refractivity contribution in [3.05, 3.63) is 48.0 Å². The van der Waals surface area contributed by atoms with E-state index in [1.165, 1.54) is 18.6 Å². The molecule has 43 heavy (non-hydrogen) atoms. The Balaban J connectivity index is 1.38. The summed E-state index contributed by atoms with van der Waals surface area (Å²) in [6.45, 7) is 16.4. The van der Waals surface area contributed by atoms with Crippen molar-refractivity contribution in [1.29, 1.82) is 0 Å². The van der Waals surface area contributed by atoms with Crippen LogP contribution in [0.1, 0.15) is 77.4 Å². The molecule has 0 spiro atoms. The molecule has 2 aliphatic heterocycles. The normalized spacial score (nSPS) is 27.3. The second-order valence-corrected chi connectivity index (χ2v) is 13.5. The number of aromatic nitrogens is 2. The van der Waals surface area contributed by atoms with Crippen molar-refractivity contribution in [3.63, 3.8) is 0 Å². The molecule has 2 fully saturated rings. The first-order valence-corrected chi connectivity index (χ1v) is 15.5. The van der Waals surface area contributed by atoms with Crippen LogP contribution >= 0.6 is 0 Å². The summed E-state index contributed by atoms with van der Waals surface area (Å²) >= 11 is 0. The van der Waals surface area contributed by atoms with Crippen molar-refractivity contribution in [3.8, 4) is 11.5 Å². The van der Waals surface area contributed by atoms with Gasteiger partial charge in [-0.05, 0) is 60.6 Å². The maximum Gasteiger partial charge on any atom is 0.481 e. The molecule has 0 unspecified atom stereocenters. The Hall–Kier alpha value is -3.18. The zero-order chi connectivity index (χ0) is 30.9. The Labute approximate surface area is 255 Å². The largest absolute Gasteiger partial charge is 0.486 e. The van der Waals surface area contributed by atoms with Crippen molar-refractivity contribution in [1.82, 2.24) is 20.6 Å². The van der Waals surface area contributed by atoms with Gasteiger partial charge in [-0.25, -0.2) is 4.98 Å². The van der Waals surface area contributed by atoms with E-state index in [-0.39, 0.29) is 41.4 Å². The molecular formula is C32H45BN4O6. The van der Waals surface area contributed by atoms with Gasteiger partial charge in [-0.3, -0.25) is 14.6 Å². The summed E-state index contributed by atoms with van der Waals surface area (Å²) in [5, 5.41) is 6.09. The minimum absolute atomic E-state index is 0.0630. The monoisotopic (exact) mass is 592 g/mol. The van der Waals surface area contributed by atoms with Crippen molar-refractivity contribution in [2.75, 3.05) is 13.2 Å². The number of rotatable bonds is 9. The van der Waals surface area contributed by atoms with Gasteiger partial charge >= 0.3 is 7.12 Å². The molecule has 0 bridgehead atoms. The highest BCUT2D eigenvalue weighted by Gasteiger charge is 2.61. The maximum atomic E-state index is 14.0. The number of nitrogens with one attached hydrogen (secondary N) is 2. The minimum atomic E-state index is -0.899. The van der Waals surface area contributed by atoms with Gasteiger partial charge in [0.15, 0.2) is 11.5 Å². The van der Waals surface area contributed by atoms with Crippen molar-refractivity contribution in [2.45, 2.75) is 91.4 Å². The Kier molecular flexibility index (Phi) is 9.04. The van der Waals surface area contributed by atoms with E-state index in [4.69, 9.17) is 18.8 Å². The van der Waals surface area contributed by atoms with E-state index in [9.17, 15) is 9.59 Å². The van der Waals surface area contributed by atoms with Crippen LogP contribution in [-0.2, 0) is 20.5 Å². The first-order chi connectivity index (χ1) is 20.4. The Morgan fingerprint density at radius 3 is 2.51 bits per heavy atom. The maximum absolute atomic E-state index is 14.0. The van der Waals surface area contributed by atoms with Crippen LogP contribution in [0.2, 0.25) is 0 Å². The highest BCUT2D eigenvalue weighted by molar-refractivity contribution is 6.47. The smallest absolute Gasteiger partial charge is 0.481 e. The van der Waals surface area contributed by atoms with Crippen molar-refractivity contribution < 1.29 is 28.4 Å². The van der Waals surface area contributed by atoms with E-state index >= 15 is 0 Å². The predicted octanol–water partition coefficient (Wildman–Crippen LogP) is 4.02. The van der Waals surface area contributed by atoms with Gasteiger partial charge in [0.1, 0.15) is 24.9 Å². The van der Waals surface area contributed by atoms with Crippen LogP contribution in [0.25, 0.3) is 0 Å². The van der Waals surface area contributed by atoms with Gasteiger partial charge in [0.2, 0.25) is 5.91 Å². The first kappa shape index (κ1) is 31.3. The molecule has 2 amide bonds. The number of hydrogen-bond acceptors (Lipinski definition) is 8. The molecule has 1 aromatic heterocycles. The van der Waals surface area contributed by atoms with Gasteiger partial charge in [-0.1, -0.05) is 47.6 Å². The Morgan fingerprint density at radius 1 is 1.07 bits per heavy atom. The number of ether oxygens (including phenoxy) is 2. The molecule has 3 aliphatic rings. The molecule has 5 rings (SSSR count). The summed E-state index contributed by atoms with van der Waals surface area (Å²) in [5.74, 6) is 1.05. The lowest BCUT2D eigenvalue weighted by Gasteiger charge is -2.53. The summed E-state index contributed by atoms with van der Waals surface area (Å²) in [6, 6.07) is 4.67. The van der Waals surface area contributed by atoms with E-state index in [0.29, 0.717) is 37.1 Å². The Morgan fingerprint density at radius 2 is 1.81 bits per heavy atom. The zero-order valence-electron chi connectivity index (χ0n) is 26.4. The van der Waals surface area contributed by atoms with Crippen molar-refractivity contribution >= 4 is 18.9 Å². The van der Waals surface area contributed by atoms with Gasteiger partial charge in [-0.2, -0.15) is 0 Å². The lowest BCUT2D eigenvalue weighted by atomic mass is 9.57. The van der Waals surface area contributed by atoms with E-state index in [2.05, 4.69) is 69.1 Å². The molecule has 2 aromatic rings. The number of benzene rings is 1. The van der Waals surface area contributed by atoms with Crippen molar-refractivity contribution in [2.24, 2.45) is 23.2 Å². The van der Waals surface area contributed by atoms with Gasteiger partial charge in [0.25, 0.3) is 5.91 Å². The molecule has 0 radical (unpaired) electrons. The molecule has 232 valence electrons. The first-order valence-electron chi connectivity index (χ1n) is 15.5. The molecule has 1 aromatic carbocycles. The topological polar surface area (TPSA) is 121 Å². The molecule has 11 heteroatoms. The van der Waals surface area contributed by atoms with E-state index in [1.807, 2.05) is 18.2 Å². The third kappa shape index (κ3) is 6.53. The number of fused-ring (bicyclic) bond motifs is 2. The molecule has 3 heterocycles. The van der Waals surface area contributed by atoms with Gasteiger partial charge < -0.3 is 29.4 Å². The molecule has 1 saturated heterocycles. The third-order valence-electron chi connectivity index (χ3n) is 9.97. The fraction of sp³-hybridized carbons (Fsp3) is 0.625. The molecule has 1 saturated carbocycles. The second-order valence-electron chi connectivity index (χ2n) is 13.5. The lowest BCUT2D eigenvalue weighted by Crippen LogP contribution is -2.57. The number of carbonyl (C=O) groups is 2. The zero-order valence-corrected chi connectivity index (χ0v) is 26.4. The summed E-state index contributed by atoms with van der Waals surface area (Å²) in [4.78, 5) is 35.3. The van der Waals surface area contributed by atoms with Crippen LogP contribution in [0, 0.1) is 23.2 Å². The highest BCUT2D eigenvalue weighted by atomic mass is 16.7. The lowest BCUT2D eigenvalue weighted by molar-refractivity contribution is -0.123. The third-order valence-corrected chi connectivity index (χ3v) is 9.97. The van der Waals surface area contributed by atoms with Crippen LogP contribution in [0.5, 0.6) is 11.5 Å². The molecule has 1 aliphatic carbocycles. The minimum Gasteiger partial charge on any atom is -0.486 e. The number of nitrogens with zero attached hydrogens (tertiary/aromatic N) is 2. The van der Waals surface area contributed by atoms with Crippen LogP contribution in [0.15, 0.2) is 36.8 Å². The second kappa shape index (κ2) is 12.4. The Bertz CT molecular complexity index is 1310. The standard InChI is InChI=1S/C32H45BN4O6/c1-19(2)14-28(33-42-27-15-20(3)31(5,6)21(4)32(27,7)43-33)37-29(38)23(36-30(39)24-18-34-10-11-35-24)16-22-8-9-25-26(17-22)41-13-12-40-25/h8-11,17-21,23,27-28H,12-16H2,1-7H3,(H,36,39)(H,37,38)/t20-,21-,23-,27+,28-,32-/m0/s1. The van der Waals surface area contributed by atoms with E-state index < -0.39 is 30.6 Å². The van der Waals surface area contributed by atoms with Gasteiger partial charge in [-0.15, -0.1) is 0 Å².